The number of amides is 2. The molecule has 0 unspecified atom stereocenters. The van der Waals surface area contributed by atoms with Crippen molar-refractivity contribution < 1.29 is 22.7 Å². The van der Waals surface area contributed by atoms with E-state index in [2.05, 4.69) is 15.7 Å². The number of benzene rings is 1. The van der Waals surface area contributed by atoms with Crippen molar-refractivity contribution in [2.24, 2.45) is 5.41 Å². The highest BCUT2D eigenvalue weighted by Crippen LogP contribution is 2.28. The fourth-order valence-electron chi connectivity index (χ4n) is 3.21. The largest absolute Gasteiger partial charge is 0.444 e. The van der Waals surface area contributed by atoms with Gasteiger partial charge in [-0.15, -0.1) is 0 Å². The van der Waals surface area contributed by atoms with E-state index in [1.807, 2.05) is 0 Å². The van der Waals surface area contributed by atoms with E-state index >= 15 is 0 Å². The molecule has 0 radical (unpaired) electrons. The van der Waals surface area contributed by atoms with E-state index in [1.165, 1.54) is 12.1 Å². The van der Waals surface area contributed by atoms with Gasteiger partial charge in [0.1, 0.15) is 10.5 Å². The van der Waals surface area contributed by atoms with Crippen molar-refractivity contribution in [2.75, 3.05) is 5.32 Å². The molecule has 0 fully saturated rings. The molecular formula is C24H36N4O5S. The van der Waals surface area contributed by atoms with E-state index < -0.39 is 26.9 Å². The number of carbonyl (C=O) groups is 2. The summed E-state index contributed by atoms with van der Waals surface area (Å²) in [5.74, 6) is -0.162. The molecule has 2 amide bonds. The van der Waals surface area contributed by atoms with Crippen LogP contribution in [0.5, 0.6) is 0 Å². The first-order valence-electron chi connectivity index (χ1n) is 11.1. The molecule has 9 nitrogen and oxygen atoms in total. The highest BCUT2D eigenvalue weighted by Gasteiger charge is 2.28. The van der Waals surface area contributed by atoms with E-state index in [0.717, 1.165) is 0 Å². The fourth-order valence-corrected chi connectivity index (χ4v) is 4.87. The van der Waals surface area contributed by atoms with Gasteiger partial charge in [0.25, 0.3) is 0 Å². The van der Waals surface area contributed by atoms with Gasteiger partial charge in [-0.05, 0) is 65.8 Å². The third-order valence-electron chi connectivity index (χ3n) is 4.90. The summed E-state index contributed by atoms with van der Waals surface area (Å²) in [6.07, 6.45) is -0.548. The van der Waals surface area contributed by atoms with Crippen molar-refractivity contribution >= 4 is 27.5 Å². The second-order valence-electron chi connectivity index (χ2n) is 10.5. The van der Waals surface area contributed by atoms with Gasteiger partial charge in [0, 0.05) is 17.1 Å². The second kappa shape index (κ2) is 9.77. The summed E-state index contributed by atoms with van der Waals surface area (Å²) in [5, 5.41) is 9.92. The zero-order chi connectivity index (χ0) is 26.1. The van der Waals surface area contributed by atoms with Gasteiger partial charge < -0.3 is 15.4 Å². The van der Waals surface area contributed by atoms with Crippen molar-refractivity contribution in [3.05, 3.63) is 35.7 Å². The van der Waals surface area contributed by atoms with Gasteiger partial charge in [-0.2, -0.15) is 5.10 Å². The van der Waals surface area contributed by atoms with Crippen molar-refractivity contribution in [1.29, 1.82) is 0 Å². The van der Waals surface area contributed by atoms with Crippen LogP contribution >= 0.6 is 0 Å². The average molecular weight is 493 g/mol. The highest BCUT2D eigenvalue weighted by atomic mass is 32.2. The number of aromatic nitrogens is 2. The first kappa shape index (κ1) is 27.4. The Morgan fingerprint density at radius 3 is 2.12 bits per heavy atom. The molecule has 34 heavy (non-hydrogen) atoms. The second-order valence-corrected chi connectivity index (χ2v) is 12.3. The molecule has 0 spiro atoms. The van der Waals surface area contributed by atoms with Gasteiger partial charge in [-0.3, -0.25) is 9.48 Å². The summed E-state index contributed by atoms with van der Waals surface area (Å²) in [4.78, 5) is 24.4. The lowest BCUT2D eigenvalue weighted by Gasteiger charge is -2.22. The Balaban J connectivity index is 2.22. The summed E-state index contributed by atoms with van der Waals surface area (Å²) in [6, 6.07) is 5.73. The monoisotopic (exact) mass is 492 g/mol. The lowest BCUT2D eigenvalue weighted by Crippen LogP contribution is -2.39. The smallest absolute Gasteiger partial charge is 0.407 e. The third-order valence-corrected chi connectivity index (χ3v) is 6.92. The van der Waals surface area contributed by atoms with Gasteiger partial charge >= 0.3 is 6.09 Å². The van der Waals surface area contributed by atoms with Crippen molar-refractivity contribution in [3.8, 4) is 0 Å². The molecule has 0 saturated carbocycles. The lowest BCUT2D eigenvalue weighted by atomic mass is 9.95. The number of ether oxygens (including phenoxy) is 1. The molecule has 0 bridgehead atoms. The topological polar surface area (TPSA) is 119 Å². The van der Waals surface area contributed by atoms with Crippen molar-refractivity contribution in [2.45, 2.75) is 90.3 Å². The number of aryl methyl sites for hydroxylation is 1. The predicted molar refractivity (Wildman–Crippen MR) is 131 cm³/mol. The summed E-state index contributed by atoms with van der Waals surface area (Å²) in [7, 11) is -3.84. The average Bonchev–Trinajstić information content (AvgIpc) is 2.93. The van der Waals surface area contributed by atoms with Crippen LogP contribution in [0.3, 0.4) is 0 Å². The predicted octanol–water partition coefficient (Wildman–Crippen LogP) is 4.23. The molecule has 10 heteroatoms. The van der Waals surface area contributed by atoms with Crippen LogP contribution in [-0.2, 0) is 25.9 Å². The molecule has 2 rings (SSSR count). The lowest BCUT2D eigenvalue weighted by molar-refractivity contribution is -0.123. The minimum absolute atomic E-state index is 0.104. The Hall–Kier alpha value is -2.88. The normalized spacial score (nSPS) is 13.3. The molecule has 0 aliphatic carbocycles. The Labute approximate surface area is 202 Å². The number of anilines is 1. The Morgan fingerprint density at radius 2 is 1.62 bits per heavy atom. The Morgan fingerprint density at radius 1 is 1.06 bits per heavy atom. The first-order valence-corrected chi connectivity index (χ1v) is 12.6. The molecule has 1 aromatic carbocycles. The van der Waals surface area contributed by atoms with E-state index in [1.54, 1.807) is 79.1 Å². The number of sulfone groups is 1. The van der Waals surface area contributed by atoms with Crippen molar-refractivity contribution in [3.63, 3.8) is 0 Å². The summed E-state index contributed by atoms with van der Waals surface area (Å²) in [5.41, 5.74) is 0.176. The van der Waals surface area contributed by atoms with E-state index in [0.29, 0.717) is 17.1 Å². The van der Waals surface area contributed by atoms with Gasteiger partial charge in [0.05, 0.1) is 22.8 Å². The van der Waals surface area contributed by atoms with Crippen molar-refractivity contribution in [1.82, 2.24) is 15.1 Å². The van der Waals surface area contributed by atoms with Gasteiger partial charge in [-0.1, -0.05) is 20.8 Å². The van der Waals surface area contributed by atoms with E-state index in [9.17, 15) is 18.0 Å². The number of rotatable bonds is 6. The maximum absolute atomic E-state index is 13.4. The molecule has 2 aromatic rings. The van der Waals surface area contributed by atoms with Gasteiger partial charge in [0.2, 0.25) is 15.7 Å². The van der Waals surface area contributed by atoms with Gasteiger partial charge in [-0.25, -0.2) is 13.2 Å². The molecule has 0 aliphatic rings. The number of carbonyl (C=O) groups excluding carboxylic acids is 2. The third kappa shape index (κ3) is 6.82. The van der Waals surface area contributed by atoms with Crippen LogP contribution in [0.15, 0.2) is 34.1 Å². The molecule has 0 aliphatic heterocycles. The number of nitrogens with one attached hydrogen (secondary N) is 2. The Bertz CT molecular complexity index is 1150. The zero-order valence-corrected chi connectivity index (χ0v) is 22.3. The molecule has 2 N–H and O–H groups in total. The molecule has 1 aromatic heterocycles. The minimum atomic E-state index is -3.84. The molecule has 1 atom stereocenters. The quantitative estimate of drug-likeness (QED) is 0.623. The number of nitrogens with zero attached hydrogens (tertiary/aromatic N) is 2. The van der Waals surface area contributed by atoms with Crippen LogP contribution in [0.1, 0.15) is 59.9 Å². The highest BCUT2D eigenvalue weighted by molar-refractivity contribution is 7.91. The summed E-state index contributed by atoms with van der Waals surface area (Å²) >= 11 is 0. The maximum atomic E-state index is 13.4. The first-order chi connectivity index (χ1) is 15.4. The summed E-state index contributed by atoms with van der Waals surface area (Å²) < 4.78 is 33.6. The van der Waals surface area contributed by atoms with E-state index in [4.69, 9.17) is 4.74 Å². The molecule has 188 valence electrons. The molecular weight excluding hydrogens is 456 g/mol. The fraction of sp³-hybridized carbons (Fsp3) is 0.542. The van der Waals surface area contributed by atoms with E-state index in [-0.39, 0.29) is 28.3 Å². The van der Waals surface area contributed by atoms with Crippen LogP contribution in [0, 0.1) is 19.3 Å². The summed E-state index contributed by atoms with van der Waals surface area (Å²) in [6.45, 7) is 16.1. The van der Waals surface area contributed by atoms with Gasteiger partial charge in [0.15, 0.2) is 0 Å². The Kier molecular flexibility index (Phi) is 7.87. The standard InChI is InChI=1S/C24H36N4O5S/c1-15(25-22(30)33-24(7,8)9)14-28-17(3)20(16(2)27-28)34(31,32)19-12-10-18(11-13-19)26-21(29)23(4,5)6/h10-13,15H,14H2,1-9H3,(H,25,30)(H,26,29)/t15-/m0/s1. The van der Waals surface area contributed by atoms with Crippen LogP contribution < -0.4 is 10.6 Å². The number of hydrogen-bond acceptors (Lipinski definition) is 6. The minimum Gasteiger partial charge on any atom is -0.444 e. The van der Waals surface area contributed by atoms with Crippen LogP contribution in [0.4, 0.5) is 10.5 Å². The number of hydrogen-bond donors (Lipinski definition) is 2. The van der Waals surface area contributed by atoms with Crippen LogP contribution in [0.25, 0.3) is 0 Å². The van der Waals surface area contributed by atoms with Crippen LogP contribution in [0.2, 0.25) is 0 Å². The van der Waals surface area contributed by atoms with Crippen LogP contribution in [-0.4, -0.2) is 41.8 Å². The molecule has 1 heterocycles. The maximum Gasteiger partial charge on any atom is 0.407 e. The SMILES string of the molecule is Cc1nn(C[C@H](C)NC(=O)OC(C)(C)C)c(C)c1S(=O)(=O)c1ccc(NC(=O)C(C)(C)C)cc1. The number of alkyl carbamates (subject to hydrolysis) is 1. The molecule has 0 saturated heterocycles. The zero-order valence-electron chi connectivity index (χ0n) is 21.4.